The number of para-hydroxylation sites is 1. The first-order valence-corrected chi connectivity index (χ1v) is 11.1. The first-order valence-electron chi connectivity index (χ1n) is 11.1. The Balaban J connectivity index is 1.85. The van der Waals surface area contributed by atoms with E-state index in [4.69, 9.17) is 14.5 Å². The lowest BCUT2D eigenvalue weighted by atomic mass is 10.1. The van der Waals surface area contributed by atoms with Crippen molar-refractivity contribution in [2.24, 2.45) is 0 Å². The molecule has 1 amide bonds. The normalized spacial score (nSPS) is 11.8. The number of fused-ring (bicyclic) bond motifs is 1. The van der Waals surface area contributed by atoms with Crippen LogP contribution in [0.4, 0.5) is 0 Å². The van der Waals surface area contributed by atoms with Crippen LogP contribution in [0.5, 0.6) is 11.5 Å². The molecular formula is C27H27N3O4. The van der Waals surface area contributed by atoms with E-state index in [9.17, 15) is 9.59 Å². The Labute approximate surface area is 198 Å². The van der Waals surface area contributed by atoms with Gasteiger partial charge in [0, 0.05) is 12.1 Å². The molecule has 7 heteroatoms. The van der Waals surface area contributed by atoms with Crippen LogP contribution < -0.4 is 15.0 Å². The van der Waals surface area contributed by atoms with Crippen molar-refractivity contribution >= 4 is 16.8 Å². The highest BCUT2D eigenvalue weighted by atomic mass is 16.5. The largest absolute Gasteiger partial charge is 0.497 e. The molecule has 4 rings (SSSR count). The third-order valence-corrected chi connectivity index (χ3v) is 5.91. The van der Waals surface area contributed by atoms with Crippen molar-refractivity contribution in [1.29, 1.82) is 0 Å². The molecule has 0 saturated carbocycles. The number of aromatic nitrogens is 2. The van der Waals surface area contributed by atoms with Gasteiger partial charge in [0.15, 0.2) is 0 Å². The molecular weight excluding hydrogens is 430 g/mol. The molecule has 0 saturated heterocycles. The van der Waals surface area contributed by atoms with Crippen LogP contribution in [-0.4, -0.2) is 41.1 Å². The molecule has 0 fully saturated rings. The minimum atomic E-state index is -0.473. The zero-order chi connectivity index (χ0) is 24.2. The number of methoxy groups -OCH3 is 2. The summed E-state index contributed by atoms with van der Waals surface area (Å²) >= 11 is 0. The highest BCUT2D eigenvalue weighted by molar-refractivity contribution is 5.94. The van der Waals surface area contributed by atoms with Crippen molar-refractivity contribution in [3.05, 3.63) is 94.5 Å². The molecule has 0 aliphatic carbocycles. The molecule has 1 aromatic heterocycles. The van der Waals surface area contributed by atoms with Gasteiger partial charge < -0.3 is 14.4 Å². The number of hydrogen-bond donors (Lipinski definition) is 0. The molecule has 4 aromatic rings. The summed E-state index contributed by atoms with van der Waals surface area (Å²) in [6, 6.07) is 21.0. The molecule has 0 N–H and O–H groups in total. The van der Waals surface area contributed by atoms with Gasteiger partial charge >= 0.3 is 0 Å². The van der Waals surface area contributed by atoms with Gasteiger partial charge in [0.2, 0.25) is 0 Å². The van der Waals surface area contributed by atoms with E-state index in [0.29, 0.717) is 46.0 Å². The fraction of sp³-hybridized carbons (Fsp3) is 0.222. The second kappa shape index (κ2) is 9.79. The number of benzene rings is 3. The van der Waals surface area contributed by atoms with Gasteiger partial charge in [-0.25, -0.2) is 4.98 Å². The highest BCUT2D eigenvalue weighted by Crippen LogP contribution is 2.25. The molecule has 0 aliphatic rings. The van der Waals surface area contributed by atoms with Crippen LogP contribution in [0, 0.1) is 0 Å². The Bertz CT molecular complexity index is 1360. The van der Waals surface area contributed by atoms with Gasteiger partial charge in [0.05, 0.1) is 36.9 Å². The second-order valence-electron chi connectivity index (χ2n) is 7.82. The zero-order valence-corrected chi connectivity index (χ0v) is 19.7. The average molecular weight is 458 g/mol. The molecule has 1 unspecified atom stereocenters. The molecule has 0 spiro atoms. The third kappa shape index (κ3) is 4.24. The first-order chi connectivity index (χ1) is 16.5. The number of carbonyl (C=O) groups excluding carboxylic acids is 1. The predicted octanol–water partition coefficient (Wildman–Crippen LogP) is 4.63. The average Bonchev–Trinajstić information content (AvgIpc) is 2.89. The molecule has 0 radical (unpaired) electrons. The zero-order valence-electron chi connectivity index (χ0n) is 19.7. The van der Waals surface area contributed by atoms with Crippen LogP contribution in [0.2, 0.25) is 0 Å². The first kappa shape index (κ1) is 23.0. The van der Waals surface area contributed by atoms with Crippen molar-refractivity contribution in [1.82, 2.24) is 14.5 Å². The van der Waals surface area contributed by atoms with Gasteiger partial charge in [-0.3, -0.25) is 14.2 Å². The maximum absolute atomic E-state index is 13.6. The maximum Gasteiger partial charge on any atom is 0.266 e. The highest BCUT2D eigenvalue weighted by Gasteiger charge is 2.26. The van der Waals surface area contributed by atoms with Gasteiger partial charge in [0.1, 0.15) is 17.3 Å². The fourth-order valence-electron chi connectivity index (χ4n) is 4.04. The van der Waals surface area contributed by atoms with Crippen LogP contribution >= 0.6 is 0 Å². The SMILES string of the molecule is CCN(C(=O)c1ccc(OC)cc1)C(C)c1nc2ccccc2c(=O)n1-c1ccc(OC)cc1. The minimum Gasteiger partial charge on any atom is -0.497 e. The molecule has 1 atom stereocenters. The quantitative estimate of drug-likeness (QED) is 0.405. The Morgan fingerprint density at radius 1 is 0.941 bits per heavy atom. The Morgan fingerprint density at radius 3 is 2.12 bits per heavy atom. The maximum atomic E-state index is 13.6. The third-order valence-electron chi connectivity index (χ3n) is 5.91. The van der Waals surface area contributed by atoms with Gasteiger partial charge in [-0.05, 0) is 74.5 Å². The van der Waals surface area contributed by atoms with Crippen LogP contribution in [0.1, 0.15) is 36.1 Å². The number of nitrogens with zero attached hydrogens (tertiary/aromatic N) is 3. The molecule has 0 bridgehead atoms. The summed E-state index contributed by atoms with van der Waals surface area (Å²) in [5.41, 5.74) is 1.59. The van der Waals surface area contributed by atoms with Crippen LogP contribution in [0.15, 0.2) is 77.6 Å². The summed E-state index contributed by atoms with van der Waals surface area (Å²) in [6.45, 7) is 4.24. The number of hydrogen-bond acceptors (Lipinski definition) is 5. The van der Waals surface area contributed by atoms with Gasteiger partial charge in [-0.2, -0.15) is 0 Å². The van der Waals surface area contributed by atoms with Gasteiger partial charge in [0.25, 0.3) is 11.5 Å². The van der Waals surface area contributed by atoms with E-state index in [2.05, 4.69) is 0 Å². The fourth-order valence-corrected chi connectivity index (χ4v) is 4.04. The van der Waals surface area contributed by atoms with Crippen LogP contribution in [0.25, 0.3) is 16.6 Å². The molecule has 7 nitrogen and oxygen atoms in total. The van der Waals surface area contributed by atoms with E-state index in [1.54, 1.807) is 66.2 Å². The van der Waals surface area contributed by atoms with E-state index < -0.39 is 6.04 Å². The number of rotatable bonds is 7. The van der Waals surface area contributed by atoms with E-state index >= 15 is 0 Å². The summed E-state index contributed by atoms with van der Waals surface area (Å²) in [7, 11) is 3.18. The van der Waals surface area contributed by atoms with Crippen LogP contribution in [-0.2, 0) is 0 Å². The molecule has 3 aromatic carbocycles. The molecule has 0 aliphatic heterocycles. The Hall–Kier alpha value is -4.13. The van der Waals surface area contributed by atoms with Crippen LogP contribution in [0.3, 0.4) is 0 Å². The van der Waals surface area contributed by atoms with E-state index in [1.807, 2.05) is 44.2 Å². The standard InChI is InChI=1S/C27H27N3O4/c1-5-29(26(31)19-10-14-21(33-3)15-11-19)18(2)25-28-24-9-7-6-8-23(24)27(32)30(25)20-12-16-22(34-4)17-13-20/h6-18H,5H2,1-4H3. The number of ether oxygens (including phenoxy) is 2. The van der Waals surface area contributed by atoms with E-state index in [-0.39, 0.29) is 11.5 Å². The number of amides is 1. The van der Waals surface area contributed by atoms with E-state index in [0.717, 1.165) is 0 Å². The van der Waals surface area contributed by atoms with Crippen molar-refractivity contribution in [2.75, 3.05) is 20.8 Å². The Morgan fingerprint density at radius 2 is 1.53 bits per heavy atom. The van der Waals surface area contributed by atoms with Crippen molar-refractivity contribution in [3.8, 4) is 17.2 Å². The van der Waals surface area contributed by atoms with Crippen molar-refractivity contribution < 1.29 is 14.3 Å². The lowest BCUT2D eigenvalue weighted by molar-refractivity contribution is 0.0693. The van der Waals surface area contributed by atoms with Crippen molar-refractivity contribution in [2.45, 2.75) is 19.9 Å². The molecule has 34 heavy (non-hydrogen) atoms. The van der Waals surface area contributed by atoms with Gasteiger partial charge in [-0.15, -0.1) is 0 Å². The van der Waals surface area contributed by atoms with E-state index in [1.165, 1.54) is 0 Å². The Kier molecular flexibility index (Phi) is 6.63. The lowest BCUT2D eigenvalue weighted by Gasteiger charge is -2.29. The summed E-state index contributed by atoms with van der Waals surface area (Å²) in [5.74, 6) is 1.70. The summed E-state index contributed by atoms with van der Waals surface area (Å²) in [4.78, 5) is 33.6. The predicted molar refractivity (Wildman–Crippen MR) is 132 cm³/mol. The minimum absolute atomic E-state index is 0.152. The molecule has 1 heterocycles. The second-order valence-corrected chi connectivity index (χ2v) is 7.82. The van der Waals surface area contributed by atoms with Gasteiger partial charge in [-0.1, -0.05) is 12.1 Å². The number of carbonyl (C=O) groups is 1. The van der Waals surface area contributed by atoms with Crippen molar-refractivity contribution in [3.63, 3.8) is 0 Å². The lowest BCUT2D eigenvalue weighted by Crippen LogP contribution is -2.37. The smallest absolute Gasteiger partial charge is 0.266 e. The topological polar surface area (TPSA) is 73.7 Å². The monoisotopic (exact) mass is 457 g/mol. The summed E-state index contributed by atoms with van der Waals surface area (Å²) in [6.07, 6.45) is 0. The molecule has 174 valence electrons. The summed E-state index contributed by atoms with van der Waals surface area (Å²) in [5, 5.41) is 0.513. The summed E-state index contributed by atoms with van der Waals surface area (Å²) < 4.78 is 12.1.